The van der Waals surface area contributed by atoms with Crippen molar-refractivity contribution < 1.29 is 4.79 Å². The number of nitrogens with zero attached hydrogens (tertiary/aromatic N) is 4. The summed E-state index contributed by atoms with van der Waals surface area (Å²) >= 11 is 5.85. The number of carbonyl (C=O) groups is 1. The number of halogens is 1. The summed E-state index contributed by atoms with van der Waals surface area (Å²) in [6.07, 6.45) is 5.07. The second kappa shape index (κ2) is 6.03. The zero-order valence-corrected chi connectivity index (χ0v) is 12.7. The van der Waals surface area contributed by atoms with Crippen molar-refractivity contribution in [3.05, 3.63) is 65.2 Å². The van der Waals surface area contributed by atoms with Crippen LogP contribution in [0.15, 0.2) is 48.9 Å². The van der Waals surface area contributed by atoms with Crippen LogP contribution in [-0.4, -0.2) is 25.5 Å². The van der Waals surface area contributed by atoms with Gasteiger partial charge in [-0.2, -0.15) is 10.2 Å². The Morgan fingerprint density at radius 3 is 2.91 bits per heavy atom. The molecule has 2 heterocycles. The van der Waals surface area contributed by atoms with Gasteiger partial charge in [0.1, 0.15) is 0 Å². The first-order valence-electron chi connectivity index (χ1n) is 6.68. The normalized spacial score (nSPS) is 10.6. The molecule has 0 saturated heterocycles. The molecule has 1 N–H and O–H groups in total. The number of hydrogen-bond donors (Lipinski definition) is 1. The first-order valence-corrected chi connectivity index (χ1v) is 7.06. The van der Waals surface area contributed by atoms with Crippen LogP contribution in [0.2, 0.25) is 5.02 Å². The summed E-state index contributed by atoms with van der Waals surface area (Å²) in [5, 5.41) is 11.6. The van der Waals surface area contributed by atoms with E-state index in [0.717, 1.165) is 5.56 Å². The van der Waals surface area contributed by atoms with Crippen molar-refractivity contribution in [3.63, 3.8) is 0 Å². The maximum atomic E-state index is 12.1. The van der Waals surface area contributed by atoms with E-state index in [4.69, 9.17) is 11.6 Å². The summed E-state index contributed by atoms with van der Waals surface area (Å²) < 4.78 is 3.33. The maximum absolute atomic E-state index is 12.1. The van der Waals surface area contributed by atoms with Gasteiger partial charge >= 0.3 is 0 Å². The minimum Gasteiger partial charge on any atom is -0.321 e. The first kappa shape index (κ1) is 14.3. The summed E-state index contributed by atoms with van der Waals surface area (Å²) in [4.78, 5) is 12.1. The molecule has 22 heavy (non-hydrogen) atoms. The first-order chi connectivity index (χ1) is 10.6. The number of hydrogen-bond acceptors (Lipinski definition) is 3. The molecule has 0 bridgehead atoms. The Labute approximate surface area is 132 Å². The third kappa shape index (κ3) is 3.35. The lowest BCUT2D eigenvalue weighted by Crippen LogP contribution is -2.13. The van der Waals surface area contributed by atoms with Crippen molar-refractivity contribution in [2.24, 2.45) is 7.05 Å². The zero-order chi connectivity index (χ0) is 15.5. The molecule has 3 aromatic rings. The van der Waals surface area contributed by atoms with E-state index in [1.165, 1.54) is 0 Å². The Morgan fingerprint density at radius 2 is 2.23 bits per heavy atom. The lowest BCUT2D eigenvalue weighted by Gasteiger charge is -2.06. The van der Waals surface area contributed by atoms with E-state index in [2.05, 4.69) is 15.5 Å². The lowest BCUT2D eigenvalue weighted by molar-refractivity contribution is 0.102. The van der Waals surface area contributed by atoms with Gasteiger partial charge in [-0.25, -0.2) is 0 Å². The Kier molecular flexibility index (Phi) is 3.93. The monoisotopic (exact) mass is 315 g/mol. The molecule has 0 fully saturated rings. The van der Waals surface area contributed by atoms with Gasteiger partial charge in [0.2, 0.25) is 0 Å². The molecular formula is C15H14ClN5O. The highest BCUT2D eigenvalue weighted by Gasteiger charge is 2.09. The lowest BCUT2D eigenvalue weighted by atomic mass is 10.2. The van der Waals surface area contributed by atoms with Crippen LogP contribution >= 0.6 is 11.6 Å². The fraction of sp³-hybridized carbons (Fsp3) is 0.133. The smallest absolute Gasteiger partial charge is 0.276 e. The van der Waals surface area contributed by atoms with E-state index in [1.54, 1.807) is 41.1 Å². The highest BCUT2D eigenvalue weighted by atomic mass is 35.5. The number of carbonyl (C=O) groups excluding carboxylic acids is 1. The predicted octanol–water partition coefficient (Wildman–Crippen LogP) is 2.57. The van der Waals surface area contributed by atoms with Crippen LogP contribution in [0.5, 0.6) is 0 Å². The molecule has 112 valence electrons. The average Bonchev–Trinajstić information content (AvgIpc) is 3.08. The summed E-state index contributed by atoms with van der Waals surface area (Å²) in [7, 11) is 1.77. The highest BCUT2D eigenvalue weighted by Crippen LogP contribution is 2.14. The molecule has 0 aliphatic heterocycles. The number of nitrogens with one attached hydrogen (secondary N) is 1. The van der Waals surface area contributed by atoms with Gasteiger partial charge in [-0.15, -0.1) is 0 Å². The van der Waals surface area contributed by atoms with E-state index in [1.807, 2.05) is 24.3 Å². The molecule has 7 heteroatoms. The van der Waals surface area contributed by atoms with Gasteiger partial charge < -0.3 is 5.32 Å². The van der Waals surface area contributed by atoms with Crippen molar-refractivity contribution in [2.45, 2.75) is 6.54 Å². The van der Waals surface area contributed by atoms with Crippen LogP contribution in [0.25, 0.3) is 0 Å². The largest absolute Gasteiger partial charge is 0.321 e. The number of rotatable bonds is 4. The van der Waals surface area contributed by atoms with Crippen molar-refractivity contribution in [3.8, 4) is 0 Å². The molecule has 0 atom stereocenters. The molecule has 0 aliphatic rings. The average molecular weight is 316 g/mol. The Bertz CT molecular complexity index is 808. The number of aryl methyl sites for hydroxylation is 1. The molecule has 0 saturated carbocycles. The van der Waals surface area contributed by atoms with Crippen molar-refractivity contribution >= 4 is 23.2 Å². The SMILES string of the molecule is Cn1ccc(C(=O)Nc2cccc(Cn3cc(Cl)cn3)c2)n1. The Morgan fingerprint density at radius 1 is 1.36 bits per heavy atom. The zero-order valence-electron chi connectivity index (χ0n) is 11.9. The van der Waals surface area contributed by atoms with Crippen molar-refractivity contribution in [1.82, 2.24) is 19.6 Å². The fourth-order valence-corrected chi connectivity index (χ4v) is 2.25. The van der Waals surface area contributed by atoms with E-state index in [9.17, 15) is 4.79 Å². The summed E-state index contributed by atoms with van der Waals surface area (Å²) in [6.45, 7) is 0.583. The van der Waals surface area contributed by atoms with E-state index >= 15 is 0 Å². The summed E-state index contributed by atoms with van der Waals surface area (Å²) in [5.41, 5.74) is 2.11. The third-order valence-corrected chi connectivity index (χ3v) is 3.27. The fourth-order valence-electron chi connectivity index (χ4n) is 2.09. The molecule has 0 unspecified atom stereocenters. The van der Waals surface area contributed by atoms with Gasteiger partial charge in [-0.3, -0.25) is 14.2 Å². The van der Waals surface area contributed by atoms with Gasteiger partial charge in [0.15, 0.2) is 5.69 Å². The molecule has 2 aromatic heterocycles. The molecule has 1 amide bonds. The van der Waals surface area contributed by atoms with Crippen molar-refractivity contribution in [2.75, 3.05) is 5.32 Å². The molecule has 0 aliphatic carbocycles. The van der Waals surface area contributed by atoms with Crippen molar-refractivity contribution in [1.29, 1.82) is 0 Å². The molecule has 1 aromatic carbocycles. The second-order valence-electron chi connectivity index (χ2n) is 4.89. The molecule has 6 nitrogen and oxygen atoms in total. The van der Waals surface area contributed by atoms with E-state index < -0.39 is 0 Å². The van der Waals surface area contributed by atoms with Crippen LogP contribution in [0.4, 0.5) is 5.69 Å². The number of benzene rings is 1. The Hall–Kier alpha value is -2.60. The van der Waals surface area contributed by atoms with Crippen LogP contribution in [0, 0.1) is 0 Å². The maximum Gasteiger partial charge on any atom is 0.276 e. The van der Waals surface area contributed by atoms with Crippen LogP contribution < -0.4 is 5.32 Å². The van der Waals surface area contributed by atoms with Gasteiger partial charge in [0, 0.05) is 25.1 Å². The molecule has 3 rings (SSSR count). The van der Waals surface area contributed by atoms with Gasteiger partial charge in [-0.1, -0.05) is 23.7 Å². The number of anilines is 1. The van der Waals surface area contributed by atoms with Gasteiger partial charge in [-0.05, 0) is 23.8 Å². The molecular weight excluding hydrogens is 302 g/mol. The van der Waals surface area contributed by atoms with E-state index in [-0.39, 0.29) is 5.91 Å². The summed E-state index contributed by atoms with van der Waals surface area (Å²) in [6, 6.07) is 9.25. The quantitative estimate of drug-likeness (QED) is 0.804. The predicted molar refractivity (Wildman–Crippen MR) is 83.9 cm³/mol. The molecule has 0 radical (unpaired) electrons. The minimum atomic E-state index is -0.236. The minimum absolute atomic E-state index is 0.236. The van der Waals surface area contributed by atoms with Crippen LogP contribution in [0.3, 0.4) is 0 Å². The van der Waals surface area contributed by atoms with Crippen LogP contribution in [0.1, 0.15) is 16.1 Å². The van der Waals surface area contributed by atoms with Crippen LogP contribution in [-0.2, 0) is 13.6 Å². The van der Waals surface area contributed by atoms with E-state index in [0.29, 0.717) is 22.9 Å². The summed E-state index contributed by atoms with van der Waals surface area (Å²) in [5.74, 6) is -0.236. The van der Waals surface area contributed by atoms with Gasteiger partial charge in [0.05, 0.1) is 17.8 Å². The molecule has 0 spiro atoms. The Balaban J connectivity index is 1.72. The number of aromatic nitrogens is 4. The third-order valence-electron chi connectivity index (χ3n) is 3.08. The second-order valence-corrected chi connectivity index (χ2v) is 5.32. The highest BCUT2D eigenvalue weighted by molar-refractivity contribution is 6.30. The standard InChI is InChI=1S/C15H14ClN5O/c1-20-6-5-14(19-20)15(22)18-13-4-2-3-11(7-13)9-21-10-12(16)8-17-21/h2-8,10H,9H2,1H3,(H,18,22). The van der Waals surface area contributed by atoms with Gasteiger partial charge in [0.25, 0.3) is 5.91 Å². The number of amides is 1. The topological polar surface area (TPSA) is 64.7 Å².